The number of rotatable bonds is 31. The van der Waals surface area contributed by atoms with Crippen LogP contribution in [0.4, 0.5) is 5.13 Å². The number of carbonyl (C=O) groups is 6. The fraction of sp³-hybridized carbons (Fsp3) is 0.406. The normalized spacial score (nSPS) is 17.0. The van der Waals surface area contributed by atoms with Gasteiger partial charge in [-0.05, 0) is 201 Å². The molecule has 0 spiro atoms. The van der Waals surface area contributed by atoms with Crippen molar-refractivity contribution in [2.24, 2.45) is 33.8 Å². The molecule has 0 amide bonds. The fourth-order valence-corrected chi connectivity index (χ4v) is 10.4. The maximum Gasteiger partial charge on any atom is 0.330 e. The maximum atomic E-state index is 13.9. The van der Waals surface area contributed by atoms with Gasteiger partial charge in [-0.25, -0.2) is 24.6 Å². The predicted octanol–water partition coefficient (Wildman–Crippen LogP) is 12.3. The van der Waals surface area contributed by atoms with E-state index in [1.165, 1.54) is 17.6 Å². The Kier molecular flexibility index (Phi) is 24.6. The van der Waals surface area contributed by atoms with E-state index in [0.717, 1.165) is 73.7 Å². The average molecular weight is 1150 g/mol. The zero-order valence-electron chi connectivity index (χ0n) is 47.0. The molecule has 2 fully saturated rings. The molecular weight excluding hydrogens is 1080 g/mol. The molecule has 2 aliphatic rings. The van der Waals surface area contributed by atoms with Gasteiger partial charge < -0.3 is 37.9 Å². The topological polar surface area (TPSA) is 217 Å². The Morgan fingerprint density at radius 3 is 1.46 bits per heavy atom. The summed E-state index contributed by atoms with van der Waals surface area (Å²) in [7, 11) is 0. The van der Waals surface area contributed by atoms with Crippen molar-refractivity contribution in [1.82, 2.24) is 4.98 Å². The molecule has 0 aliphatic heterocycles. The molecular formula is C64H72N4O14S. The number of hydrogen-bond acceptors (Lipinski definition) is 19. The first-order valence-electron chi connectivity index (χ1n) is 28.3. The van der Waals surface area contributed by atoms with Gasteiger partial charge in [-0.2, -0.15) is 5.10 Å². The molecule has 4 aromatic carbocycles. The van der Waals surface area contributed by atoms with Gasteiger partial charge in [0.05, 0.1) is 66.5 Å². The highest BCUT2D eigenvalue weighted by molar-refractivity contribution is 7.22. The summed E-state index contributed by atoms with van der Waals surface area (Å²) in [5.74, 6) is 0.803. The van der Waals surface area contributed by atoms with E-state index >= 15 is 0 Å². The lowest BCUT2D eigenvalue weighted by Crippen LogP contribution is -2.30. The van der Waals surface area contributed by atoms with Gasteiger partial charge in [0, 0.05) is 17.7 Å². The molecule has 7 rings (SSSR count). The zero-order valence-corrected chi connectivity index (χ0v) is 47.8. The van der Waals surface area contributed by atoms with Gasteiger partial charge in [-0.3, -0.25) is 19.2 Å². The molecule has 5 aromatic rings. The van der Waals surface area contributed by atoms with Crippen molar-refractivity contribution in [2.75, 3.05) is 31.4 Å². The molecule has 19 heteroatoms. The first-order valence-corrected chi connectivity index (χ1v) is 29.2. The zero-order chi connectivity index (χ0) is 58.8. The van der Waals surface area contributed by atoms with Crippen molar-refractivity contribution in [3.05, 3.63) is 128 Å². The van der Waals surface area contributed by atoms with E-state index < -0.39 is 53.7 Å². The lowest BCUT2D eigenvalue weighted by atomic mass is 9.82. The van der Waals surface area contributed by atoms with Crippen LogP contribution in [0.3, 0.4) is 0 Å². The van der Waals surface area contributed by atoms with Crippen LogP contribution in [0.1, 0.15) is 115 Å². The SMILES string of the molecule is C=C=NC(C)N(N=Cc1cc(OC(=O)C2CCC(C(=O)Oc3ccc(OCCCCCCOC(=O)C=C)cc3)CC2)ccc1OC(=O)C1CCC(C(=O)Oc2ccc(OCCCCCCOC(=O)C=C)cc2)CC1)c1nc2ccccc2s1. The summed E-state index contributed by atoms with van der Waals surface area (Å²) in [6.07, 6.45) is 13.5. The number of esters is 6. The van der Waals surface area contributed by atoms with Crippen molar-refractivity contribution in [2.45, 2.75) is 116 Å². The lowest BCUT2D eigenvalue weighted by molar-refractivity contribution is -0.145. The van der Waals surface area contributed by atoms with Gasteiger partial charge in [0.25, 0.3) is 0 Å². The maximum absolute atomic E-state index is 13.9. The lowest BCUT2D eigenvalue weighted by Gasteiger charge is -2.26. The molecule has 0 saturated heterocycles. The third-order valence-electron chi connectivity index (χ3n) is 14.2. The minimum Gasteiger partial charge on any atom is -0.494 e. The van der Waals surface area contributed by atoms with E-state index in [1.54, 1.807) is 71.7 Å². The molecule has 2 aliphatic carbocycles. The Bertz CT molecular complexity index is 3030. The number of aliphatic imine (C=N–C) groups is 1. The van der Waals surface area contributed by atoms with Crippen LogP contribution in [0.2, 0.25) is 0 Å². The van der Waals surface area contributed by atoms with Crippen LogP contribution in [-0.4, -0.2) is 85.5 Å². The summed E-state index contributed by atoms with van der Waals surface area (Å²) < 4.78 is 46.1. The molecule has 438 valence electrons. The smallest absolute Gasteiger partial charge is 0.330 e. The Balaban J connectivity index is 0.911. The number of anilines is 1. The first kappa shape index (κ1) is 62.2. The second-order valence-electron chi connectivity index (χ2n) is 20.2. The number of ether oxygens (including phenoxy) is 8. The van der Waals surface area contributed by atoms with Gasteiger partial charge in [0.2, 0.25) is 5.13 Å². The standard InChI is InChI=1S/C64H72N4O14S/c1-5-58(69)77-40-16-10-8-14-38-75-50-28-32-52(33-29-50)79-60(71)45-20-22-47(23-21-45)62(73)81-54-36-37-56(49(42-54)43-66-68(44(4)65-7-3)64-67-55-18-12-13-19-57(55)83-64)82-63(74)48-26-24-46(25-27-48)61(72)80-53-34-30-51(31-35-53)76-39-15-9-11-17-41-78-59(70)6-2/h5-6,12-13,18-19,28-37,42-48H,1-3,8-11,14-17,20-27,38-41H2,4H3. The third-order valence-corrected chi connectivity index (χ3v) is 15.2. The van der Waals surface area contributed by atoms with Crippen LogP contribution in [-0.2, 0) is 38.2 Å². The summed E-state index contributed by atoms with van der Waals surface area (Å²) in [6, 6.07) is 26.2. The molecule has 1 atom stereocenters. The van der Waals surface area contributed by atoms with E-state index in [2.05, 4.69) is 30.6 Å². The van der Waals surface area contributed by atoms with Crippen LogP contribution in [0.15, 0.2) is 133 Å². The van der Waals surface area contributed by atoms with Crippen molar-refractivity contribution < 1.29 is 66.7 Å². The molecule has 0 bridgehead atoms. The third kappa shape index (κ3) is 19.9. The molecule has 2 saturated carbocycles. The van der Waals surface area contributed by atoms with Gasteiger partial charge in [-0.15, -0.1) is 0 Å². The number of thiazole rings is 1. The number of hydrazone groups is 1. The largest absolute Gasteiger partial charge is 0.494 e. The van der Waals surface area contributed by atoms with Crippen LogP contribution in [0, 0.1) is 23.7 Å². The van der Waals surface area contributed by atoms with E-state index in [4.69, 9.17) is 48.0 Å². The summed E-state index contributed by atoms with van der Waals surface area (Å²) in [5.41, 5.74) is 1.12. The summed E-state index contributed by atoms with van der Waals surface area (Å²) >= 11 is 1.42. The monoisotopic (exact) mass is 1150 g/mol. The highest BCUT2D eigenvalue weighted by atomic mass is 32.1. The molecule has 18 nitrogen and oxygen atoms in total. The number of carbonyl (C=O) groups excluding carboxylic acids is 6. The quantitative estimate of drug-likeness (QED) is 0.0101. The number of benzene rings is 4. The van der Waals surface area contributed by atoms with E-state index in [-0.39, 0.29) is 23.4 Å². The van der Waals surface area contributed by atoms with Crippen molar-refractivity contribution >= 4 is 74.6 Å². The van der Waals surface area contributed by atoms with E-state index in [0.29, 0.717) is 111 Å². The Labute approximate surface area is 488 Å². The van der Waals surface area contributed by atoms with Crippen LogP contribution < -0.4 is 33.4 Å². The average Bonchev–Trinajstić information content (AvgIpc) is 4.07. The van der Waals surface area contributed by atoms with Crippen molar-refractivity contribution in [3.8, 4) is 34.5 Å². The molecule has 1 unspecified atom stereocenters. The summed E-state index contributed by atoms with van der Waals surface area (Å²) in [6.45, 7) is 14.0. The van der Waals surface area contributed by atoms with Crippen LogP contribution in [0.5, 0.6) is 34.5 Å². The summed E-state index contributed by atoms with van der Waals surface area (Å²) in [5, 5.41) is 6.94. The van der Waals surface area contributed by atoms with Gasteiger partial charge in [0.15, 0.2) is 6.17 Å². The Morgan fingerprint density at radius 2 is 1.00 bits per heavy atom. The molecule has 0 radical (unpaired) electrons. The molecule has 0 N–H and O–H groups in total. The Hall–Kier alpha value is -8.41. The Morgan fingerprint density at radius 1 is 0.578 bits per heavy atom. The van der Waals surface area contributed by atoms with Gasteiger partial charge >= 0.3 is 35.8 Å². The fourth-order valence-electron chi connectivity index (χ4n) is 9.45. The van der Waals surface area contributed by atoms with Gasteiger partial charge in [-0.1, -0.05) is 36.6 Å². The first-order chi connectivity index (χ1) is 40.4. The number of nitrogens with zero attached hydrogens (tertiary/aromatic N) is 4. The highest BCUT2D eigenvalue weighted by Crippen LogP contribution is 2.36. The highest BCUT2D eigenvalue weighted by Gasteiger charge is 2.34. The molecule has 1 heterocycles. The second kappa shape index (κ2) is 32.9. The summed E-state index contributed by atoms with van der Waals surface area (Å²) in [4.78, 5) is 85.6. The number of aromatic nitrogens is 1. The number of fused-ring (bicyclic) bond motifs is 1. The van der Waals surface area contributed by atoms with Gasteiger partial charge in [0.1, 0.15) is 34.5 Å². The predicted molar refractivity (Wildman–Crippen MR) is 315 cm³/mol. The van der Waals surface area contributed by atoms with E-state index in [1.807, 2.05) is 31.2 Å². The molecule has 1 aromatic heterocycles. The van der Waals surface area contributed by atoms with Crippen molar-refractivity contribution in [1.29, 1.82) is 0 Å². The minimum atomic E-state index is -0.581. The minimum absolute atomic E-state index is 0.176. The number of para-hydroxylation sites is 1. The van der Waals surface area contributed by atoms with Crippen LogP contribution in [0.25, 0.3) is 10.2 Å². The molecule has 83 heavy (non-hydrogen) atoms. The van der Waals surface area contributed by atoms with Crippen LogP contribution >= 0.6 is 11.3 Å². The number of unbranched alkanes of at least 4 members (excludes halogenated alkanes) is 6. The number of hydrogen-bond donors (Lipinski definition) is 0. The van der Waals surface area contributed by atoms with E-state index in [9.17, 15) is 28.8 Å². The second-order valence-corrected chi connectivity index (χ2v) is 21.2. The van der Waals surface area contributed by atoms with Crippen molar-refractivity contribution in [3.63, 3.8) is 0 Å².